The first-order chi connectivity index (χ1) is 7.68. The quantitative estimate of drug-likeness (QED) is 0.825. The second-order valence-electron chi connectivity index (χ2n) is 4.05. The normalized spacial score (nSPS) is 26.6. The molecular weight excluding hydrogens is 224 g/mol. The minimum absolute atomic E-state index is 0.00843. The van der Waals surface area contributed by atoms with Crippen molar-refractivity contribution in [3.63, 3.8) is 0 Å². The zero-order valence-corrected chi connectivity index (χ0v) is 10.00. The number of amides is 1. The molecule has 3 atom stereocenters. The minimum Gasteiger partial charge on any atom is -0.379 e. The molecule has 0 radical (unpaired) electrons. The van der Waals surface area contributed by atoms with Gasteiger partial charge in [-0.05, 0) is 18.4 Å². The highest BCUT2D eigenvalue weighted by molar-refractivity contribution is 7.10. The van der Waals surface area contributed by atoms with E-state index in [2.05, 4.69) is 5.32 Å². The molecule has 1 fully saturated rings. The van der Waals surface area contributed by atoms with E-state index >= 15 is 0 Å². The number of hydrogen-bond donors (Lipinski definition) is 2. The van der Waals surface area contributed by atoms with Crippen molar-refractivity contribution < 1.29 is 9.53 Å². The van der Waals surface area contributed by atoms with E-state index in [0.29, 0.717) is 13.2 Å². The highest BCUT2D eigenvalue weighted by Crippen LogP contribution is 2.20. The van der Waals surface area contributed by atoms with Gasteiger partial charge in [-0.1, -0.05) is 6.07 Å². The van der Waals surface area contributed by atoms with Gasteiger partial charge in [-0.25, -0.2) is 0 Å². The van der Waals surface area contributed by atoms with Crippen molar-refractivity contribution in [2.75, 3.05) is 13.2 Å². The Morgan fingerprint density at radius 3 is 3.06 bits per heavy atom. The molecule has 1 aliphatic heterocycles. The van der Waals surface area contributed by atoms with Crippen LogP contribution in [0.5, 0.6) is 0 Å². The van der Waals surface area contributed by atoms with Gasteiger partial charge in [0, 0.05) is 10.9 Å². The summed E-state index contributed by atoms with van der Waals surface area (Å²) < 4.78 is 5.18. The Kier molecular flexibility index (Phi) is 3.58. The fourth-order valence-corrected chi connectivity index (χ4v) is 2.50. The van der Waals surface area contributed by atoms with Gasteiger partial charge in [-0.3, -0.25) is 4.79 Å². The van der Waals surface area contributed by atoms with E-state index in [1.807, 2.05) is 24.4 Å². The SMILES string of the molecule is C[C@H](NC(=O)C1COCC1N)c1cccs1. The Balaban J connectivity index is 1.92. The third-order valence-electron chi connectivity index (χ3n) is 2.79. The second-order valence-corrected chi connectivity index (χ2v) is 5.03. The summed E-state index contributed by atoms with van der Waals surface area (Å²) in [6.07, 6.45) is 0. The lowest BCUT2D eigenvalue weighted by atomic mass is 10.0. The van der Waals surface area contributed by atoms with Gasteiger partial charge in [0.2, 0.25) is 5.91 Å². The maximum absolute atomic E-state index is 11.9. The van der Waals surface area contributed by atoms with Crippen LogP contribution in [0.1, 0.15) is 17.8 Å². The zero-order valence-electron chi connectivity index (χ0n) is 9.18. The van der Waals surface area contributed by atoms with E-state index < -0.39 is 0 Å². The third-order valence-corrected chi connectivity index (χ3v) is 3.85. The van der Waals surface area contributed by atoms with Gasteiger partial charge in [0.25, 0.3) is 0 Å². The number of ether oxygens (including phenoxy) is 1. The number of hydrogen-bond acceptors (Lipinski definition) is 4. The van der Waals surface area contributed by atoms with Crippen LogP contribution >= 0.6 is 11.3 Å². The van der Waals surface area contributed by atoms with Crippen LogP contribution in [-0.2, 0) is 9.53 Å². The molecule has 0 aliphatic carbocycles. The van der Waals surface area contributed by atoms with Crippen molar-refractivity contribution in [1.29, 1.82) is 0 Å². The predicted molar refractivity (Wildman–Crippen MR) is 63.2 cm³/mol. The van der Waals surface area contributed by atoms with Gasteiger partial charge >= 0.3 is 0 Å². The van der Waals surface area contributed by atoms with Crippen molar-refractivity contribution in [3.8, 4) is 0 Å². The average molecular weight is 240 g/mol. The molecule has 16 heavy (non-hydrogen) atoms. The fourth-order valence-electron chi connectivity index (χ4n) is 1.77. The lowest BCUT2D eigenvalue weighted by Crippen LogP contribution is -2.41. The van der Waals surface area contributed by atoms with Gasteiger partial charge < -0.3 is 15.8 Å². The van der Waals surface area contributed by atoms with Crippen molar-refractivity contribution >= 4 is 17.2 Å². The van der Waals surface area contributed by atoms with Crippen molar-refractivity contribution in [2.24, 2.45) is 11.7 Å². The van der Waals surface area contributed by atoms with E-state index in [9.17, 15) is 4.79 Å². The van der Waals surface area contributed by atoms with Crippen LogP contribution < -0.4 is 11.1 Å². The minimum atomic E-state index is -0.206. The Hall–Kier alpha value is -0.910. The first kappa shape index (κ1) is 11.6. The van der Waals surface area contributed by atoms with Crippen molar-refractivity contribution in [1.82, 2.24) is 5.32 Å². The molecule has 0 spiro atoms. The molecule has 3 N–H and O–H groups in total. The van der Waals surface area contributed by atoms with Crippen LogP contribution in [0.3, 0.4) is 0 Å². The zero-order chi connectivity index (χ0) is 11.5. The topological polar surface area (TPSA) is 64.3 Å². The van der Waals surface area contributed by atoms with Crippen LogP contribution in [0.2, 0.25) is 0 Å². The van der Waals surface area contributed by atoms with Crippen LogP contribution in [-0.4, -0.2) is 25.2 Å². The van der Waals surface area contributed by atoms with E-state index in [1.54, 1.807) is 11.3 Å². The van der Waals surface area contributed by atoms with Crippen molar-refractivity contribution in [3.05, 3.63) is 22.4 Å². The Morgan fingerprint density at radius 2 is 2.50 bits per heavy atom. The summed E-state index contributed by atoms with van der Waals surface area (Å²) >= 11 is 1.64. The number of rotatable bonds is 3. The van der Waals surface area contributed by atoms with Gasteiger partial charge in [0.1, 0.15) is 0 Å². The molecule has 2 heterocycles. The Labute approximate surface area is 98.8 Å². The summed E-state index contributed by atoms with van der Waals surface area (Å²) in [6, 6.07) is 3.86. The van der Waals surface area contributed by atoms with E-state index in [4.69, 9.17) is 10.5 Å². The Bertz CT molecular complexity index is 353. The highest BCUT2D eigenvalue weighted by atomic mass is 32.1. The molecule has 2 unspecified atom stereocenters. The first-order valence-corrected chi connectivity index (χ1v) is 6.23. The van der Waals surface area contributed by atoms with Crippen LogP contribution in [0.15, 0.2) is 17.5 Å². The highest BCUT2D eigenvalue weighted by Gasteiger charge is 2.31. The van der Waals surface area contributed by atoms with Gasteiger partial charge in [0.05, 0.1) is 25.2 Å². The monoisotopic (exact) mass is 240 g/mol. The summed E-state index contributed by atoms with van der Waals surface area (Å²) in [5.41, 5.74) is 5.79. The number of thiophene rings is 1. The number of nitrogens with two attached hydrogens (primary N) is 1. The number of carbonyl (C=O) groups is 1. The smallest absolute Gasteiger partial charge is 0.227 e. The Morgan fingerprint density at radius 1 is 1.69 bits per heavy atom. The van der Waals surface area contributed by atoms with Gasteiger partial charge in [-0.2, -0.15) is 0 Å². The summed E-state index contributed by atoms with van der Waals surface area (Å²) in [4.78, 5) is 13.0. The lowest BCUT2D eigenvalue weighted by Gasteiger charge is -2.17. The maximum Gasteiger partial charge on any atom is 0.227 e. The molecule has 2 rings (SSSR count). The summed E-state index contributed by atoms with van der Waals surface area (Å²) in [5.74, 6) is -0.215. The van der Waals surface area contributed by atoms with E-state index in [-0.39, 0.29) is 23.9 Å². The second kappa shape index (κ2) is 4.95. The van der Waals surface area contributed by atoms with Crippen LogP contribution in [0.25, 0.3) is 0 Å². The molecular formula is C11H16N2O2S. The van der Waals surface area contributed by atoms with Crippen LogP contribution in [0.4, 0.5) is 0 Å². The molecule has 1 aromatic heterocycles. The summed E-state index contributed by atoms with van der Waals surface area (Å²) in [7, 11) is 0. The van der Waals surface area contributed by atoms with Gasteiger partial charge in [0.15, 0.2) is 0 Å². The number of nitrogens with one attached hydrogen (secondary N) is 1. The molecule has 1 amide bonds. The molecule has 0 aromatic carbocycles. The first-order valence-electron chi connectivity index (χ1n) is 5.35. The summed E-state index contributed by atoms with van der Waals surface area (Å²) in [5, 5.41) is 4.97. The number of carbonyl (C=O) groups excluding carboxylic acids is 1. The fraction of sp³-hybridized carbons (Fsp3) is 0.545. The summed E-state index contributed by atoms with van der Waals surface area (Å²) in [6.45, 7) is 2.89. The average Bonchev–Trinajstić information content (AvgIpc) is 2.86. The van der Waals surface area contributed by atoms with E-state index in [1.165, 1.54) is 0 Å². The van der Waals surface area contributed by atoms with Crippen LogP contribution in [0, 0.1) is 5.92 Å². The van der Waals surface area contributed by atoms with E-state index in [0.717, 1.165) is 4.88 Å². The van der Waals surface area contributed by atoms with Gasteiger partial charge in [-0.15, -0.1) is 11.3 Å². The predicted octanol–water partition coefficient (Wildman–Crippen LogP) is 0.899. The molecule has 4 nitrogen and oxygen atoms in total. The molecule has 0 saturated carbocycles. The lowest BCUT2D eigenvalue weighted by molar-refractivity contribution is -0.125. The molecule has 1 saturated heterocycles. The molecule has 88 valence electrons. The van der Waals surface area contributed by atoms with Crippen molar-refractivity contribution in [2.45, 2.75) is 19.0 Å². The maximum atomic E-state index is 11.9. The largest absolute Gasteiger partial charge is 0.379 e. The standard InChI is InChI=1S/C11H16N2O2S/c1-7(10-3-2-4-16-10)13-11(14)8-5-15-6-9(8)12/h2-4,7-9H,5-6,12H2,1H3,(H,13,14)/t7-,8?,9?/m0/s1. The molecule has 0 bridgehead atoms. The third kappa shape index (κ3) is 2.42. The molecule has 1 aliphatic rings. The molecule has 5 heteroatoms. The molecule has 1 aromatic rings.